The number of ether oxygens (including phenoxy) is 1. The number of anilines is 1. The van der Waals surface area contributed by atoms with Crippen LogP contribution in [0.4, 0.5) is 14.5 Å². The topological polar surface area (TPSA) is 75.6 Å². The van der Waals surface area contributed by atoms with Gasteiger partial charge in [0.1, 0.15) is 18.2 Å². The molecule has 1 rings (SSSR count). The quantitative estimate of drug-likeness (QED) is 0.837. The van der Waals surface area contributed by atoms with Crippen molar-refractivity contribution in [2.24, 2.45) is 0 Å². The highest BCUT2D eigenvalue weighted by molar-refractivity contribution is 5.92. The van der Waals surface area contributed by atoms with Crippen molar-refractivity contribution in [2.45, 2.75) is 13.0 Å². The van der Waals surface area contributed by atoms with Crippen LogP contribution in [-0.4, -0.2) is 29.7 Å². The normalized spacial score (nSPS) is 11.9. The summed E-state index contributed by atoms with van der Waals surface area (Å²) in [6.07, 6.45) is -1.16. The van der Waals surface area contributed by atoms with Crippen LogP contribution in [0.2, 0.25) is 0 Å². The van der Waals surface area contributed by atoms with Crippen molar-refractivity contribution in [1.82, 2.24) is 0 Å². The number of aliphatic carboxylic acids is 1. The third-order valence-corrected chi connectivity index (χ3v) is 2.01. The van der Waals surface area contributed by atoms with E-state index >= 15 is 0 Å². The van der Waals surface area contributed by atoms with E-state index in [9.17, 15) is 18.4 Å². The Labute approximate surface area is 101 Å². The Balaban J connectivity index is 2.54. The molecule has 18 heavy (non-hydrogen) atoms. The highest BCUT2D eigenvalue weighted by Gasteiger charge is 2.14. The average molecular weight is 259 g/mol. The molecule has 0 radical (unpaired) electrons. The number of carboxylic acids is 1. The average Bonchev–Trinajstić information content (AvgIpc) is 2.30. The Morgan fingerprint density at radius 3 is 2.72 bits per heavy atom. The molecule has 0 aliphatic rings. The lowest BCUT2D eigenvalue weighted by molar-refractivity contribution is -0.150. The fraction of sp³-hybridized carbons (Fsp3) is 0.273. The van der Waals surface area contributed by atoms with Gasteiger partial charge in [-0.15, -0.1) is 0 Å². The second kappa shape index (κ2) is 6.06. The third kappa shape index (κ3) is 4.10. The fourth-order valence-electron chi connectivity index (χ4n) is 1.05. The first-order chi connectivity index (χ1) is 8.40. The van der Waals surface area contributed by atoms with Crippen LogP contribution in [0.1, 0.15) is 6.92 Å². The molecular weight excluding hydrogens is 248 g/mol. The lowest BCUT2D eigenvalue weighted by atomic mass is 10.3. The van der Waals surface area contributed by atoms with Crippen LogP contribution in [0, 0.1) is 11.6 Å². The van der Waals surface area contributed by atoms with Crippen molar-refractivity contribution < 1.29 is 28.2 Å². The number of hydrogen-bond acceptors (Lipinski definition) is 3. The molecule has 1 amide bonds. The second-order valence-corrected chi connectivity index (χ2v) is 3.46. The molecule has 1 aromatic carbocycles. The van der Waals surface area contributed by atoms with Gasteiger partial charge < -0.3 is 15.2 Å². The zero-order valence-electron chi connectivity index (χ0n) is 9.44. The van der Waals surface area contributed by atoms with E-state index < -0.39 is 36.2 Å². The van der Waals surface area contributed by atoms with Gasteiger partial charge in [0.2, 0.25) is 5.91 Å². The van der Waals surface area contributed by atoms with Crippen molar-refractivity contribution in [3.63, 3.8) is 0 Å². The summed E-state index contributed by atoms with van der Waals surface area (Å²) in [7, 11) is 0. The molecule has 0 saturated heterocycles. The summed E-state index contributed by atoms with van der Waals surface area (Å²) in [6, 6.07) is 2.59. The molecule has 0 aliphatic heterocycles. The van der Waals surface area contributed by atoms with E-state index in [0.717, 1.165) is 18.2 Å². The Kier molecular flexibility index (Phi) is 4.73. The maximum atomic E-state index is 13.1. The van der Waals surface area contributed by atoms with Gasteiger partial charge in [-0.05, 0) is 19.1 Å². The lowest BCUT2D eigenvalue weighted by Gasteiger charge is -2.09. The van der Waals surface area contributed by atoms with E-state index in [-0.39, 0.29) is 5.69 Å². The minimum absolute atomic E-state index is 0.327. The van der Waals surface area contributed by atoms with Gasteiger partial charge in [-0.3, -0.25) is 4.79 Å². The van der Waals surface area contributed by atoms with Gasteiger partial charge in [0.25, 0.3) is 0 Å². The van der Waals surface area contributed by atoms with Crippen molar-refractivity contribution in [2.75, 3.05) is 11.9 Å². The van der Waals surface area contributed by atoms with Gasteiger partial charge >= 0.3 is 5.97 Å². The molecule has 0 aromatic heterocycles. The number of halogens is 2. The maximum Gasteiger partial charge on any atom is 0.332 e. The van der Waals surface area contributed by atoms with E-state index in [2.05, 4.69) is 10.1 Å². The van der Waals surface area contributed by atoms with Crippen molar-refractivity contribution >= 4 is 17.6 Å². The highest BCUT2D eigenvalue weighted by Crippen LogP contribution is 2.14. The zero-order valence-corrected chi connectivity index (χ0v) is 9.44. The molecular formula is C11H11F2NO4. The molecule has 0 heterocycles. The number of nitrogens with one attached hydrogen (secondary N) is 1. The monoisotopic (exact) mass is 259 g/mol. The molecule has 5 nitrogen and oxygen atoms in total. The minimum Gasteiger partial charge on any atom is -0.479 e. The van der Waals surface area contributed by atoms with Crippen LogP contribution in [0.15, 0.2) is 18.2 Å². The summed E-state index contributed by atoms with van der Waals surface area (Å²) in [4.78, 5) is 21.7. The largest absolute Gasteiger partial charge is 0.479 e. The highest BCUT2D eigenvalue weighted by atomic mass is 19.1. The van der Waals surface area contributed by atoms with E-state index in [1.165, 1.54) is 6.92 Å². The molecule has 98 valence electrons. The van der Waals surface area contributed by atoms with Crippen molar-refractivity contribution in [3.8, 4) is 0 Å². The van der Waals surface area contributed by atoms with Gasteiger partial charge in [0.05, 0.1) is 5.69 Å². The zero-order chi connectivity index (χ0) is 13.7. The van der Waals surface area contributed by atoms with E-state index in [1.54, 1.807) is 0 Å². The van der Waals surface area contributed by atoms with Crippen molar-refractivity contribution in [3.05, 3.63) is 29.8 Å². The van der Waals surface area contributed by atoms with Crippen LogP contribution < -0.4 is 5.32 Å². The smallest absolute Gasteiger partial charge is 0.332 e. The maximum absolute atomic E-state index is 13.1. The standard InChI is InChI=1S/C11H11F2NO4/c1-6(11(16)17)18-5-10(15)14-9-4-7(12)2-3-8(9)13/h2-4,6H,5H2,1H3,(H,14,15)(H,16,17). The minimum atomic E-state index is -1.22. The third-order valence-electron chi connectivity index (χ3n) is 2.01. The Morgan fingerprint density at radius 1 is 1.44 bits per heavy atom. The van der Waals surface area contributed by atoms with Crippen molar-refractivity contribution in [1.29, 1.82) is 0 Å². The SMILES string of the molecule is CC(OCC(=O)Nc1cc(F)ccc1F)C(=O)O. The summed E-state index contributed by atoms with van der Waals surface area (Å²) >= 11 is 0. The molecule has 0 spiro atoms. The molecule has 0 fully saturated rings. The first kappa shape index (κ1) is 14.0. The Hall–Kier alpha value is -2.02. The molecule has 0 aliphatic carbocycles. The Morgan fingerprint density at radius 2 is 2.11 bits per heavy atom. The van der Waals surface area contributed by atoms with Crippen LogP contribution in [-0.2, 0) is 14.3 Å². The second-order valence-electron chi connectivity index (χ2n) is 3.46. The fourth-order valence-corrected chi connectivity index (χ4v) is 1.05. The summed E-state index contributed by atoms with van der Waals surface area (Å²) in [6.45, 7) is 0.682. The predicted octanol–water partition coefficient (Wildman–Crippen LogP) is 1.39. The molecule has 1 unspecified atom stereocenters. The van der Waals surface area contributed by atoms with Crippen LogP contribution in [0.3, 0.4) is 0 Å². The van der Waals surface area contributed by atoms with Gasteiger partial charge in [-0.25, -0.2) is 13.6 Å². The van der Waals surface area contributed by atoms with Crippen LogP contribution >= 0.6 is 0 Å². The molecule has 1 aromatic rings. The van der Waals surface area contributed by atoms with E-state index in [1.807, 2.05) is 0 Å². The molecule has 0 bridgehead atoms. The Bertz CT molecular complexity index is 464. The van der Waals surface area contributed by atoms with E-state index in [4.69, 9.17) is 5.11 Å². The number of rotatable bonds is 5. The molecule has 1 atom stereocenters. The first-order valence-corrected chi connectivity index (χ1v) is 4.99. The number of carbonyl (C=O) groups excluding carboxylic acids is 1. The summed E-state index contributed by atoms with van der Waals surface area (Å²) in [5.41, 5.74) is -0.327. The number of hydrogen-bond donors (Lipinski definition) is 2. The van der Waals surface area contributed by atoms with Gasteiger partial charge in [0.15, 0.2) is 6.10 Å². The lowest BCUT2D eigenvalue weighted by Crippen LogP contribution is -2.26. The molecule has 7 heteroatoms. The predicted molar refractivity (Wildman–Crippen MR) is 58.0 cm³/mol. The van der Waals surface area contributed by atoms with Gasteiger partial charge in [-0.2, -0.15) is 0 Å². The first-order valence-electron chi connectivity index (χ1n) is 4.99. The van der Waals surface area contributed by atoms with Crippen LogP contribution in [0.5, 0.6) is 0 Å². The number of carboxylic acid groups (broad SMARTS) is 1. The van der Waals surface area contributed by atoms with Gasteiger partial charge in [-0.1, -0.05) is 0 Å². The number of amides is 1. The summed E-state index contributed by atoms with van der Waals surface area (Å²) < 4.78 is 30.6. The van der Waals surface area contributed by atoms with E-state index in [0.29, 0.717) is 0 Å². The summed E-state index contributed by atoms with van der Waals surface area (Å²) in [5, 5.41) is 10.6. The number of benzene rings is 1. The van der Waals surface area contributed by atoms with Crippen LogP contribution in [0.25, 0.3) is 0 Å². The molecule has 0 saturated carbocycles. The molecule has 2 N–H and O–H groups in total. The number of carbonyl (C=O) groups is 2. The van der Waals surface area contributed by atoms with Gasteiger partial charge in [0, 0.05) is 6.07 Å². The summed E-state index contributed by atoms with van der Waals surface area (Å²) in [5.74, 6) is -3.49.